The van der Waals surface area contributed by atoms with E-state index in [0.29, 0.717) is 10.7 Å². The van der Waals surface area contributed by atoms with Crippen LogP contribution >= 0.6 is 11.6 Å². The van der Waals surface area contributed by atoms with Gasteiger partial charge in [0.25, 0.3) is 0 Å². The summed E-state index contributed by atoms with van der Waals surface area (Å²) in [5.74, 6) is -0.110. The number of hydrogen-bond donors (Lipinski definition) is 1. The van der Waals surface area contributed by atoms with Crippen LogP contribution in [0.25, 0.3) is 0 Å². The maximum atomic E-state index is 12.7. The van der Waals surface area contributed by atoms with E-state index >= 15 is 0 Å². The van der Waals surface area contributed by atoms with Crippen molar-refractivity contribution in [1.29, 1.82) is 0 Å². The van der Waals surface area contributed by atoms with E-state index in [0.717, 1.165) is 19.3 Å². The van der Waals surface area contributed by atoms with E-state index < -0.39 is 5.41 Å². The molecule has 1 aromatic carbocycles. The van der Waals surface area contributed by atoms with Crippen molar-refractivity contribution >= 4 is 29.2 Å². The van der Waals surface area contributed by atoms with Crippen LogP contribution in [0.15, 0.2) is 24.3 Å². The second-order valence-corrected chi connectivity index (χ2v) is 5.87. The summed E-state index contributed by atoms with van der Waals surface area (Å²) in [6.45, 7) is 1.94. The number of fused-ring (bicyclic) bond motifs is 1. The molecule has 19 heavy (non-hydrogen) atoms. The SMILES string of the molecule is CC12CCCC1NC(=O)N(c1ccc(Cl)cc1)C2=O. The second kappa shape index (κ2) is 4.23. The minimum Gasteiger partial charge on any atom is -0.334 e. The van der Waals surface area contributed by atoms with E-state index in [9.17, 15) is 9.59 Å². The molecular formula is C14H15ClN2O2. The van der Waals surface area contributed by atoms with Gasteiger partial charge in [0.15, 0.2) is 0 Å². The molecule has 3 amide bonds. The van der Waals surface area contributed by atoms with Crippen LogP contribution in [0.5, 0.6) is 0 Å². The predicted molar refractivity (Wildman–Crippen MR) is 73.2 cm³/mol. The highest BCUT2D eigenvalue weighted by atomic mass is 35.5. The molecule has 5 heteroatoms. The van der Waals surface area contributed by atoms with Crippen molar-refractivity contribution in [2.24, 2.45) is 5.41 Å². The number of imide groups is 1. The van der Waals surface area contributed by atoms with Crippen LogP contribution in [-0.4, -0.2) is 18.0 Å². The van der Waals surface area contributed by atoms with Gasteiger partial charge in [-0.2, -0.15) is 0 Å². The van der Waals surface area contributed by atoms with E-state index in [4.69, 9.17) is 11.6 Å². The van der Waals surface area contributed by atoms with Crippen LogP contribution in [-0.2, 0) is 4.79 Å². The lowest BCUT2D eigenvalue weighted by molar-refractivity contribution is -0.128. The fraction of sp³-hybridized carbons (Fsp3) is 0.429. The highest BCUT2D eigenvalue weighted by molar-refractivity contribution is 6.30. The Morgan fingerprint density at radius 1 is 1.32 bits per heavy atom. The summed E-state index contributed by atoms with van der Waals surface area (Å²) < 4.78 is 0. The van der Waals surface area contributed by atoms with Crippen LogP contribution in [0, 0.1) is 5.41 Å². The molecule has 2 atom stereocenters. The first kappa shape index (κ1) is 12.5. The first-order chi connectivity index (χ1) is 9.02. The number of nitrogens with one attached hydrogen (secondary N) is 1. The maximum Gasteiger partial charge on any atom is 0.329 e. The van der Waals surface area contributed by atoms with E-state index in [1.807, 2.05) is 6.92 Å². The molecule has 0 radical (unpaired) electrons. The minimum atomic E-state index is -0.479. The quantitative estimate of drug-likeness (QED) is 0.859. The number of rotatable bonds is 1. The molecule has 2 fully saturated rings. The van der Waals surface area contributed by atoms with Crippen molar-refractivity contribution in [1.82, 2.24) is 5.32 Å². The van der Waals surface area contributed by atoms with Gasteiger partial charge in [-0.25, -0.2) is 9.69 Å². The normalized spacial score (nSPS) is 30.2. The van der Waals surface area contributed by atoms with Gasteiger partial charge in [-0.15, -0.1) is 0 Å². The molecule has 1 aromatic rings. The van der Waals surface area contributed by atoms with Gasteiger partial charge in [0, 0.05) is 11.1 Å². The Labute approximate surface area is 116 Å². The zero-order chi connectivity index (χ0) is 13.6. The first-order valence-corrected chi connectivity index (χ1v) is 6.81. The Balaban J connectivity index is 1.99. The van der Waals surface area contributed by atoms with E-state index in [-0.39, 0.29) is 18.0 Å². The Morgan fingerprint density at radius 2 is 2.00 bits per heavy atom. The third-order valence-electron chi connectivity index (χ3n) is 4.24. The lowest BCUT2D eigenvalue weighted by Gasteiger charge is -2.40. The van der Waals surface area contributed by atoms with Crippen LogP contribution < -0.4 is 10.2 Å². The summed E-state index contributed by atoms with van der Waals surface area (Å²) in [5, 5.41) is 3.53. The zero-order valence-electron chi connectivity index (χ0n) is 10.6. The number of hydrogen-bond acceptors (Lipinski definition) is 2. The monoisotopic (exact) mass is 278 g/mol. The minimum absolute atomic E-state index is 0.0314. The molecule has 100 valence electrons. The van der Waals surface area contributed by atoms with Crippen molar-refractivity contribution in [3.05, 3.63) is 29.3 Å². The molecule has 2 unspecified atom stereocenters. The van der Waals surface area contributed by atoms with Gasteiger partial charge >= 0.3 is 6.03 Å². The van der Waals surface area contributed by atoms with Crippen molar-refractivity contribution in [3.63, 3.8) is 0 Å². The molecule has 1 heterocycles. The van der Waals surface area contributed by atoms with Crippen LogP contribution in [0.4, 0.5) is 10.5 Å². The van der Waals surface area contributed by atoms with Crippen LogP contribution in [0.3, 0.4) is 0 Å². The first-order valence-electron chi connectivity index (χ1n) is 6.43. The van der Waals surface area contributed by atoms with Gasteiger partial charge in [-0.3, -0.25) is 4.79 Å². The van der Waals surface area contributed by atoms with Crippen LogP contribution in [0.1, 0.15) is 26.2 Å². The number of anilines is 1. The highest BCUT2D eigenvalue weighted by Gasteiger charge is 2.53. The van der Waals surface area contributed by atoms with E-state index in [1.54, 1.807) is 24.3 Å². The van der Waals surface area contributed by atoms with E-state index in [1.165, 1.54) is 4.90 Å². The number of urea groups is 1. The molecular weight excluding hydrogens is 264 g/mol. The largest absolute Gasteiger partial charge is 0.334 e. The highest BCUT2D eigenvalue weighted by Crippen LogP contribution is 2.43. The standard InChI is InChI=1S/C14H15ClN2O2/c1-14-8-2-3-11(14)16-13(19)17(12(14)18)10-6-4-9(15)5-7-10/h4-7,11H,2-3,8H2,1H3,(H,16,19). The summed E-state index contributed by atoms with van der Waals surface area (Å²) in [4.78, 5) is 26.0. The molecule has 1 saturated carbocycles. The number of carbonyl (C=O) groups excluding carboxylic acids is 2. The van der Waals surface area contributed by atoms with Crippen molar-refractivity contribution in [2.45, 2.75) is 32.2 Å². The van der Waals surface area contributed by atoms with Gasteiger partial charge in [0.2, 0.25) is 5.91 Å². The number of amides is 3. The molecule has 1 saturated heterocycles. The summed E-state index contributed by atoms with van der Waals surface area (Å²) in [7, 11) is 0. The topological polar surface area (TPSA) is 49.4 Å². The van der Waals surface area contributed by atoms with E-state index in [2.05, 4.69) is 5.32 Å². The second-order valence-electron chi connectivity index (χ2n) is 5.43. The average molecular weight is 279 g/mol. The molecule has 2 aliphatic rings. The van der Waals surface area contributed by atoms with Crippen molar-refractivity contribution in [3.8, 4) is 0 Å². The molecule has 1 aliphatic heterocycles. The molecule has 4 nitrogen and oxygen atoms in total. The maximum absolute atomic E-state index is 12.7. The van der Waals surface area contributed by atoms with Crippen molar-refractivity contribution < 1.29 is 9.59 Å². The Hall–Kier alpha value is -1.55. The lowest BCUT2D eigenvalue weighted by atomic mass is 9.81. The predicted octanol–water partition coefficient (Wildman–Crippen LogP) is 2.96. The van der Waals surface area contributed by atoms with Gasteiger partial charge < -0.3 is 5.32 Å². The number of carbonyl (C=O) groups is 2. The summed E-state index contributed by atoms with van der Waals surface area (Å²) >= 11 is 5.84. The molecule has 0 spiro atoms. The molecule has 0 bridgehead atoms. The third kappa shape index (κ3) is 1.82. The molecule has 1 aliphatic carbocycles. The van der Waals surface area contributed by atoms with Gasteiger partial charge in [-0.1, -0.05) is 18.0 Å². The van der Waals surface area contributed by atoms with Gasteiger partial charge in [0.05, 0.1) is 11.1 Å². The summed E-state index contributed by atoms with van der Waals surface area (Å²) in [6.07, 6.45) is 2.67. The molecule has 3 rings (SSSR count). The van der Waals surface area contributed by atoms with Crippen LogP contribution in [0.2, 0.25) is 5.02 Å². The Kier molecular flexibility index (Phi) is 2.78. The molecule has 0 aromatic heterocycles. The summed E-state index contributed by atoms with van der Waals surface area (Å²) in [5.41, 5.74) is 0.0894. The van der Waals surface area contributed by atoms with Gasteiger partial charge in [-0.05, 0) is 44.0 Å². The Morgan fingerprint density at radius 3 is 2.68 bits per heavy atom. The fourth-order valence-corrected chi connectivity index (χ4v) is 3.17. The number of halogens is 1. The number of benzene rings is 1. The third-order valence-corrected chi connectivity index (χ3v) is 4.49. The average Bonchev–Trinajstić information content (AvgIpc) is 2.75. The van der Waals surface area contributed by atoms with Crippen molar-refractivity contribution in [2.75, 3.05) is 4.90 Å². The van der Waals surface area contributed by atoms with Gasteiger partial charge in [0.1, 0.15) is 0 Å². The molecule has 1 N–H and O–H groups in total. The Bertz CT molecular complexity index is 543. The smallest absolute Gasteiger partial charge is 0.329 e. The zero-order valence-corrected chi connectivity index (χ0v) is 11.4. The lowest BCUT2D eigenvalue weighted by Crippen LogP contribution is -2.63. The number of nitrogens with zero attached hydrogens (tertiary/aromatic N) is 1. The summed E-state index contributed by atoms with van der Waals surface area (Å²) in [6, 6.07) is 6.38. The fourth-order valence-electron chi connectivity index (χ4n) is 3.04.